The molecule has 30 heavy (non-hydrogen) atoms. The highest BCUT2D eigenvalue weighted by Gasteiger charge is 2.21. The standard InChI is InChI=1S/C23H24N4O2S/c1-15(16-8-6-5-7-9-16)24-21(28)20-14-19-22(30-20)27(23(25-19)26(2)3)17-10-12-18(29-4)13-11-17/h5-15H,1-4H3,(H,24,28)/t15-/m0/s1. The molecule has 0 bridgehead atoms. The summed E-state index contributed by atoms with van der Waals surface area (Å²) in [4.78, 5) is 21.2. The first-order chi connectivity index (χ1) is 14.5. The van der Waals surface area contributed by atoms with E-state index < -0.39 is 0 Å². The zero-order valence-electron chi connectivity index (χ0n) is 17.4. The second-order valence-electron chi connectivity index (χ2n) is 7.25. The first-order valence-electron chi connectivity index (χ1n) is 9.67. The SMILES string of the molecule is COc1ccc(-n2c(N(C)C)nc3cc(C(=O)N[C@@H](C)c4ccccc4)sc32)cc1. The average Bonchev–Trinajstić information content (AvgIpc) is 3.33. The summed E-state index contributed by atoms with van der Waals surface area (Å²) in [5, 5.41) is 3.08. The van der Waals surface area contributed by atoms with Gasteiger partial charge >= 0.3 is 0 Å². The summed E-state index contributed by atoms with van der Waals surface area (Å²) in [6.07, 6.45) is 0. The largest absolute Gasteiger partial charge is 0.497 e. The van der Waals surface area contributed by atoms with Crippen LogP contribution < -0.4 is 15.0 Å². The Morgan fingerprint density at radius 1 is 1.13 bits per heavy atom. The van der Waals surface area contributed by atoms with E-state index in [2.05, 4.69) is 9.88 Å². The molecule has 4 aromatic rings. The van der Waals surface area contributed by atoms with Gasteiger partial charge in [-0.1, -0.05) is 30.3 Å². The zero-order valence-corrected chi connectivity index (χ0v) is 18.2. The van der Waals surface area contributed by atoms with E-state index in [4.69, 9.17) is 9.72 Å². The number of anilines is 1. The van der Waals surface area contributed by atoms with Crippen LogP contribution in [0, 0.1) is 0 Å². The van der Waals surface area contributed by atoms with Gasteiger partial charge in [-0.2, -0.15) is 0 Å². The summed E-state index contributed by atoms with van der Waals surface area (Å²) in [6, 6.07) is 19.5. The van der Waals surface area contributed by atoms with Gasteiger partial charge in [0.15, 0.2) is 0 Å². The molecule has 0 saturated heterocycles. The van der Waals surface area contributed by atoms with Crippen molar-refractivity contribution in [2.24, 2.45) is 0 Å². The van der Waals surface area contributed by atoms with E-state index in [9.17, 15) is 4.79 Å². The van der Waals surface area contributed by atoms with Crippen LogP contribution in [0.2, 0.25) is 0 Å². The fourth-order valence-electron chi connectivity index (χ4n) is 3.33. The summed E-state index contributed by atoms with van der Waals surface area (Å²) < 4.78 is 7.34. The van der Waals surface area contributed by atoms with Crippen LogP contribution >= 0.6 is 11.3 Å². The second-order valence-corrected chi connectivity index (χ2v) is 8.28. The fourth-order valence-corrected chi connectivity index (χ4v) is 4.35. The Hall–Kier alpha value is -3.32. The van der Waals surface area contributed by atoms with E-state index in [-0.39, 0.29) is 11.9 Å². The van der Waals surface area contributed by atoms with E-state index in [0.29, 0.717) is 4.88 Å². The molecule has 0 fully saturated rings. The molecule has 2 aromatic carbocycles. The lowest BCUT2D eigenvalue weighted by Crippen LogP contribution is -2.25. The number of ether oxygens (including phenoxy) is 1. The maximum atomic E-state index is 12.9. The van der Waals surface area contributed by atoms with Gasteiger partial charge in [0, 0.05) is 14.1 Å². The molecule has 1 atom stereocenters. The van der Waals surface area contributed by atoms with Crippen molar-refractivity contribution in [1.82, 2.24) is 14.9 Å². The number of carbonyl (C=O) groups is 1. The maximum Gasteiger partial charge on any atom is 0.261 e. The third-order valence-electron chi connectivity index (χ3n) is 4.92. The van der Waals surface area contributed by atoms with Gasteiger partial charge in [-0.15, -0.1) is 11.3 Å². The number of rotatable bonds is 6. The topological polar surface area (TPSA) is 59.4 Å². The van der Waals surface area contributed by atoms with Crippen molar-refractivity contribution in [2.45, 2.75) is 13.0 Å². The minimum Gasteiger partial charge on any atom is -0.497 e. The lowest BCUT2D eigenvalue weighted by atomic mass is 10.1. The third-order valence-corrected chi connectivity index (χ3v) is 6.03. The molecule has 154 valence electrons. The molecule has 4 rings (SSSR count). The van der Waals surface area contributed by atoms with Crippen LogP contribution in [0.25, 0.3) is 16.0 Å². The van der Waals surface area contributed by atoms with Crippen molar-refractivity contribution in [3.63, 3.8) is 0 Å². The Labute approximate surface area is 179 Å². The second kappa shape index (κ2) is 8.20. The van der Waals surface area contributed by atoms with E-state index in [1.54, 1.807) is 7.11 Å². The molecule has 0 aliphatic rings. The Morgan fingerprint density at radius 2 is 1.83 bits per heavy atom. The molecule has 0 saturated carbocycles. The fraction of sp³-hybridized carbons (Fsp3) is 0.217. The number of hydrogen-bond acceptors (Lipinski definition) is 5. The summed E-state index contributed by atoms with van der Waals surface area (Å²) >= 11 is 1.44. The predicted octanol–water partition coefficient (Wildman–Crippen LogP) is 4.65. The van der Waals surface area contributed by atoms with Crippen molar-refractivity contribution in [3.05, 3.63) is 71.1 Å². The first-order valence-corrected chi connectivity index (χ1v) is 10.5. The number of imidazole rings is 1. The van der Waals surface area contributed by atoms with Crippen molar-refractivity contribution in [2.75, 3.05) is 26.1 Å². The van der Waals surface area contributed by atoms with E-state index >= 15 is 0 Å². The van der Waals surface area contributed by atoms with Crippen LogP contribution in [-0.4, -0.2) is 36.7 Å². The summed E-state index contributed by atoms with van der Waals surface area (Å²) in [5.41, 5.74) is 2.84. The van der Waals surface area contributed by atoms with Crippen molar-refractivity contribution < 1.29 is 9.53 Å². The predicted molar refractivity (Wildman–Crippen MR) is 122 cm³/mol. The highest BCUT2D eigenvalue weighted by atomic mass is 32.1. The van der Waals surface area contributed by atoms with Gasteiger partial charge in [0.2, 0.25) is 5.95 Å². The van der Waals surface area contributed by atoms with E-state index in [1.807, 2.05) is 86.6 Å². The lowest BCUT2D eigenvalue weighted by molar-refractivity contribution is 0.0944. The number of nitrogens with zero attached hydrogens (tertiary/aromatic N) is 3. The molecule has 2 heterocycles. The van der Waals surface area contributed by atoms with Crippen LogP contribution in [-0.2, 0) is 0 Å². The van der Waals surface area contributed by atoms with Crippen LogP contribution in [0.3, 0.4) is 0 Å². The van der Waals surface area contributed by atoms with Crippen LogP contribution in [0.5, 0.6) is 5.75 Å². The number of fused-ring (bicyclic) bond motifs is 1. The van der Waals surface area contributed by atoms with Gasteiger partial charge in [-0.05, 0) is 42.8 Å². The Kier molecular flexibility index (Phi) is 5.46. The minimum absolute atomic E-state index is 0.0748. The van der Waals surface area contributed by atoms with Crippen molar-refractivity contribution >= 4 is 33.5 Å². The molecule has 0 spiro atoms. The highest BCUT2D eigenvalue weighted by molar-refractivity contribution is 7.20. The molecule has 1 amide bonds. The summed E-state index contributed by atoms with van der Waals surface area (Å²) in [5.74, 6) is 1.51. The number of carbonyl (C=O) groups excluding carboxylic acids is 1. The number of hydrogen-bond donors (Lipinski definition) is 1. The summed E-state index contributed by atoms with van der Waals surface area (Å²) in [7, 11) is 5.57. The van der Waals surface area contributed by atoms with Crippen molar-refractivity contribution in [3.8, 4) is 11.4 Å². The number of thiophene rings is 1. The number of methoxy groups -OCH3 is 1. The molecule has 1 N–H and O–H groups in total. The highest BCUT2D eigenvalue weighted by Crippen LogP contribution is 2.33. The van der Waals surface area contributed by atoms with Crippen molar-refractivity contribution in [1.29, 1.82) is 0 Å². The Balaban J connectivity index is 1.68. The average molecular weight is 421 g/mol. The molecule has 6 nitrogen and oxygen atoms in total. The molecule has 7 heteroatoms. The maximum absolute atomic E-state index is 12.9. The van der Waals surface area contributed by atoms with Gasteiger partial charge in [-0.25, -0.2) is 4.98 Å². The monoisotopic (exact) mass is 420 g/mol. The van der Waals surface area contributed by atoms with Gasteiger partial charge in [0.05, 0.1) is 23.7 Å². The van der Waals surface area contributed by atoms with Crippen LogP contribution in [0.15, 0.2) is 60.7 Å². The van der Waals surface area contributed by atoms with Crippen LogP contribution in [0.4, 0.5) is 5.95 Å². The Bertz CT molecular complexity index is 1160. The van der Waals surface area contributed by atoms with Gasteiger partial charge < -0.3 is 15.0 Å². The lowest BCUT2D eigenvalue weighted by Gasteiger charge is -2.15. The normalized spacial score (nSPS) is 12.0. The molecular weight excluding hydrogens is 396 g/mol. The smallest absolute Gasteiger partial charge is 0.261 e. The Morgan fingerprint density at radius 3 is 2.47 bits per heavy atom. The third kappa shape index (κ3) is 3.76. The quantitative estimate of drug-likeness (QED) is 0.493. The summed E-state index contributed by atoms with van der Waals surface area (Å²) in [6.45, 7) is 1.99. The number of benzene rings is 2. The first kappa shape index (κ1) is 20.0. The van der Waals surface area contributed by atoms with Gasteiger partial charge in [0.1, 0.15) is 16.1 Å². The van der Waals surface area contributed by atoms with Crippen LogP contribution in [0.1, 0.15) is 28.2 Å². The number of aromatic nitrogens is 2. The molecule has 0 aliphatic carbocycles. The van der Waals surface area contributed by atoms with E-state index in [1.165, 1.54) is 11.3 Å². The molecule has 0 radical (unpaired) electrons. The zero-order chi connectivity index (χ0) is 21.3. The van der Waals surface area contributed by atoms with E-state index in [0.717, 1.165) is 33.3 Å². The molecular formula is C23H24N4O2S. The minimum atomic E-state index is -0.0953. The van der Waals surface area contributed by atoms with Gasteiger partial charge in [0.25, 0.3) is 5.91 Å². The molecule has 0 aliphatic heterocycles. The van der Waals surface area contributed by atoms with Gasteiger partial charge in [-0.3, -0.25) is 9.36 Å². The number of nitrogens with one attached hydrogen (secondary N) is 1. The number of amides is 1. The molecule has 2 aromatic heterocycles. The molecule has 0 unspecified atom stereocenters.